The third kappa shape index (κ3) is 4.83. The number of fused-ring (bicyclic) bond motifs is 4. The van der Waals surface area contributed by atoms with Crippen LogP contribution in [0.25, 0.3) is 16.7 Å². The molecule has 7 rings (SSSR count). The quantitative estimate of drug-likeness (QED) is 0.285. The minimum Gasteiger partial charge on any atom is -1.00 e. The van der Waals surface area contributed by atoms with Gasteiger partial charge in [0.05, 0.1) is 0 Å². The number of rotatable bonds is 4. The summed E-state index contributed by atoms with van der Waals surface area (Å²) in [6.45, 7) is 4.56. The van der Waals surface area contributed by atoms with Gasteiger partial charge in [-0.1, -0.05) is 0 Å². The van der Waals surface area contributed by atoms with Crippen LogP contribution in [0.15, 0.2) is 133 Å². The zero-order valence-electron chi connectivity index (χ0n) is 22.6. The van der Waals surface area contributed by atoms with Crippen LogP contribution in [0.1, 0.15) is 53.1 Å². The van der Waals surface area contributed by atoms with Gasteiger partial charge >= 0.3 is 235 Å². The van der Waals surface area contributed by atoms with Gasteiger partial charge in [-0.05, 0) is 0 Å². The fraction of sp³-hybridized carbons (Fsp3) is 0.108. The Labute approximate surface area is 257 Å². The molecule has 0 spiro atoms. The van der Waals surface area contributed by atoms with Crippen molar-refractivity contribution in [3.63, 3.8) is 0 Å². The van der Waals surface area contributed by atoms with Crippen molar-refractivity contribution in [1.29, 1.82) is 0 Å². The molecule has 1 unspecified atom stereocenters. The number of hydrogen-bond acceptors (Lipinski definition) is 0. The summed E-state index contributed by atoms with van der Waals surface area (Å²) in [5, 5.41) is 0. The van der Waals surface area contributed by atoms with E-state index in [9.17, 15) is 0 Å². The summed E-state index contributed by atoms with van der Waals surface area (Å²) in [7, 11) is 0. The molecule has 0 saturated carbocycles. The molecule has 0 fully saturated rings. The number of hydrogen-bond donors (Lipinski definition) is 0. The van der Waals surface area contributed by atoms with E-state index in [-0.39, 0.29) is 24.8 Å². The van der Waals surface area contributed by atoms with Crippen molar-refractivity contribution in [3.05, 3.63) is 172 Å². The summed E-state index contributed by atoms with van der Waals surface area (Å²) < 4.78 is 2.53. The standard InChI is InChI=1S/C13H9.C13H10.C11H11.2ClH.Zr/c1-3-7-12-10(5-1)9-11-6-2-4-8-13(11)12;1-3-7-12(8-4-1)11-13-9-5-2-6-10-13;1-8-3-6-11-9(2)4-5-10(11)7-8;;;/h1-9H;1-10H;3-7H,1-2H3;2*1H;/q;;;;;+2/p-2. The first-order valence-corrected chi connectivity index (χ1v) is 17.6. The smallest absolute Gasteiger partial charge is 1.00 e. The van der Waals surface area contributed by atoms with Crippen molar-refractivity contribution >= 4 is 8.78 Å². The van der Waals surface area contributed by atoms with Crippen LogP contribution >= 0.6 is 0 Å². The number of benzene rings is 5. The SMILES string of the molecule is CC1=C[CH]([Zr+2](=[C](c2ccccc2)c2ccccc2)[CH]2c3ccccc3-c3ccccc32)c2cc(C)ccc21.[Cl-].[Cl-]. The molecular weight excluding hydrogens is 607 g/mol. The molecule has 3 heteroatoms. The van der Waals surface area contributed by atoms with Crippen LogP contribution in [0.2, 0.25) is 0 Å². The van der Waals surface area contributed by atoms with Crippen LogP contribution in [-0.4, -0.2) is 3.21 Å². The van der Waals surface area contributed by atoms with E-state index in [1.807, 2.05) is 0 Å². The molecule has 0 aromatic heterocycles. The first-order chi connectivity index (χ1) is 18.7. The van der Waals surface area contributed by atoms with Crippen molar-refractivity contribution in [1.82, 2.24) is 0 Å². The second-order valence-corrected chi connectivity index (χ2v) is 17.0. The molecule has 0 aliphatic heterocycles. The Kier molecular flexibility index (Phi) is 8.58. The Hall–Kier alpha value is -2.83. The largest absolute Gasteiger partial charge is 1.00 e. The van der Waals surface area contributed by atoms with Gasteiger partial charge in [0.2, 0.25) is 0 Å². The number of aryl methyl sites for hydroxylation is 1. The van der Waals surface area contributed by atoms with Crippen molar-refractivity contribution in [2.45, 2.75) is 21.1 Å². The average Bonchev–Trinajstić information content (AvgIpc) is 3.47. The summed E-state index contributed by atoms with van der Waals surface area (Å²) >= 11 is -2.69. The number of halogens is 2. The monoisotopic (exact) mass is 634 g/mol. The van der Waals surface area contributed by atoms with Crippen LogP contribution in [0.5, 0.6) is 0 Å². The Balaban J connectivity index is 0.00000161. The Morgan fingerprint density at radius 2 is 1.02 bits per heavy atom. The van der Waals surface area contributed by atoms with Gasteiger partial charge in [0.25, 0.3) is 0 Å². The van der Waals surface area contributed by atoms with Gasteiger partial charge in [0.15, 0.2) is 0 Å². The Morgan fingerprint density at radius 3 is 1.57 bits per heavy atom. The summed E-state index contributed by atoms with van der Waals surface area (Å²) in [5.74, 6) is 0. The number of allylic oxidation sites excluding steroid dienone is 2. The van der Waals surface area contributed by atoms with E-state index in [2.05, 4.69) is 147 Å². The molecule has 2 aliphatic rings. The van der Waals surface area contributed by atoms with Crippen molar-refractivity contribution < 1.29 is 46.1 Å². The van der Waals surface area contributed by atoms with Gasteiger partial charge in [0.1, 0.15) is 0 Å². The minimum absolute atomic E-state index is 0. The summed E-state index contributed by atoms with van der Waals surface area (Å²) in [4.78, 5) is 0. The maximum atomic E-state index is 2.63. The average molecular weight is 637 g/mol. The first kappa shape index (κ1) is 28.7. The van der Waals surface area contributed by atoms with Gasteiger partial charge in [-0.15, -0.1) is 0 Å². The van der Waals surface area contributed by atoms with Crippen LogP contribution in [0.4, 0.5) is 0 Å². The third-order valence-electron chi connectivity index (χ3n) is 8.28. The van der Waals surface area contributed by atoms with Gasteiger partial charge < -0.3 is 24.8 Å². The maximum Gasteiger partial charge on any atom is -1.00 e. The van der Waals surface area contributed by atoms with Crippen molar-refractivity contribution in [2.75, 3.05) is 0 Å². The van der Waals surface area contributed by atoms with E-state index in [1.54, 1.807) is 8.77 Å². The molecule has 0 N–H and O–H groups in total. The third-order valence-corrected chi connectivity index (χ3v) is 17.0. The molecule has 5 aromatic carbocycles. The van der Waals surface area contributed by atoms with E-state index in [0.717, 1.165) is 0 Å². The molecule has 0 heterocycles. The molecule has 40 heavy (non-hydrogen) atoms. The van der Waals surface area contributed by atoms with Gasteiger partial charge in [-0.3, -0.25) is 0 Å². The second kappa shape index (κ2) is 12.0. The van der Waals surface area contributed by atoms with Crippen LogP contribution < -0.4 is 24.8 Å². The van der Waals surface area contributed by atoms with Gasteiger partial charge in [0, 0.05) is 0 Å². The molecule has 5 aromatic rings. The molecule has 196 valence electrons. The van der Waals surface area contributed by atoms with Gasteiger partial charge in [-0.2, -0.15) is 0 Å². The summed E-state index contributed by atoms with van der Waals surface area (Å²) in [6.07, 6.45) is 2.63. The Morgan fingerprint density at radius 1 is 0.525 bits per heavy atom. The molecule has 1 atom stereocenters. The fourth-order valence-electron chi connectivity index (χ4n) is 6.67. The van der Waals surface area contributed by atoms with E-state index >= 15 is 0 Å². The molecule has 2 aliphatic carbocycles. The topological polar surface area (TPSA) is 0 Å². The molecule has 0 amide bonds. The van der Waals surface area contributed by atoms with E-state index < -0.39 is 21.3 Å². The molecule has 0 radical (unpaired) electrons. The van der Waals surface area contributed by atoms with Crippen molar-refractivity contribution in [2.24, 2.45) is 0 Å². The normalized spacial score (nSPS) is 14.4. The maximum absolute atomic E-state index is 2.69. The molecule has 0 bridgehead atoms. The summed E-state index contributed by atoms with van der Waals surface area (Å²) in [6, 6.07) is 48.1. The molecule has 0 nitrogen and oxygen atoms in total. The molecule has 0 saturated heterocycles. The van der Waals surface area contributed by atoms with Gasteiger partial charge in [-0.25, -0.2) is 0 Å². The van der Waals surface area contributed by atoms with E-state index in [0.29, 0.717) is 7.25 Å². The van der Waals surface area contributed by atoms with Crippen LogP contribution in [0.3, 0.4) is 0 Å². The predicted molar refractivity (Wildman–Crippen MR) is 157 cm³/mol. The minimum atomic E-state index is -2.69. The summed E-state index contributed by atoms with van der Waals surface area (Å²) in [5.41, 5.74) is 14.5. The van der Waals surface area contributed by atoms with E-state index in [1.165, 1.54) is 50.1 Å². The second-order valence-electron chi connectivity index (χ2n) is 10.6. The zero-order chi connectivity index (χ0) is 25.6. The first-order valence-electron chi connectivity index (χ1n) is 13.5. The fourth-order valence-corrected chi connectivity index (χ4v) is 16.8. The predicted octanol–water partition coefficient (Wildman–Crippen LogP) is 3.12. The van der Waals surface area contributed by atoms with Crippen LogP contribution in [-0.2, 0) is 21.3 Å². The van der Waals surface area contributed by atoms with E-state index in [4.69, 9.17) is 0 Å². The Bertz CT molecular complexity index is 1650. The zero-order valence-corrected chi connectivity index (χ0v) is 26.6. The van der Waals surface area contributed by atoms with Crippen molar-refractivity contribution in [3.8, 4) is 11.1 Å². The van der Waals surface area contributed by atoms with Crippen LogP contribution in [0, 0.1) is 6.92 Å². The molecular formula is C37H30Cl2Zr.